The number of halogens is 1. The predicted octanol–water partition coefficient (Wildman–Crippen LogP) is 3.96. The minimum Gasteiger partial charge on any atom is -0.468 e. The van der Waals surface area contributed by atoms with E-state index in [0.717, 1.165) is 39.3 Å². The van der Waals surface area contributed by atoms with Crippen LogP contribution in [0.3, 0.4) is 0 Å². The Kier molecular flexibility index (Phi) is 5.43. The summed E-state index contributed by atoms with van der Waals surface area (Å²) in [5.74, 6) is -1.13. The standard InChI is InChI=1S/C19H17ClN2O4S/c1-11-8-13(12(2)22(11)15-6-4-14(20)5-7-15)9-16-18(24)21(19(25)27-16)10-17(23)26-3/h4-9H,10H2,1-3H3/b16-9-. The number of nitrogens with zero attached hydrogens (tertiary/aromatic N) is 2. The smallest absolute Gasteiger partial charge is 0.325 e. The molecular formula is C19H17ClN2O4S. The quantitative estimate of drug-likeness (QED) is 0.570. The van der Waals surface area contributed by atoms with Gasteiger partial charge in [0, 0.05) is 22.1 Å². The van der Waals surface area contributed by atoms with Crippen molar-refractivity contribution in [3.05, 3.63) is 57.2 Å². The summed E-state index contributed by atoms with van der Waals surface area (Å²) in [6, 6.07) is 9.39. The first-order chi connectivity index (χ1) is 12.8. The summed E-state index contributed by atoms with van der Waals surface area (Å²) in [5, 5.41) is 0.170. The van der Waals surface area contributed by atoms with Crippen molar-refractivity contribution in [3.63, 3.8) is 0 Å². The number of aryl methyl sites for hydroxylation is 1. The van der Waals surface area contributed by atoms with Gasteiger partial charge in [0.05, 0.1) is 12.0 Å². The molecule has 1 fully saturated rings. The van der Waals surface area contributed by atoms with Gasteiger partial charge < -0.3 is 9.30 Å². The van der Waals surface area contributed by atoms with Gasteiger partial charge in [0.2, 0.25) is 0 Å². The molecule has 0 saturated carbocycles. The molecule has 140 valence electrons. The molecule has 1 aliphatic rings. The van der Waals surface area contributed by atoms with Gasteiger partial charge in [0.15, 0.2) is 0 Å². The molecule has 1 aliphatic heterocycles. The Bertz CT molecular complexity index is 963. The van der Waals surface area contributed by atoms with Crippen LogP contribution in [0, 0.1) is 13.8 Å². The number of hydrogen-bond acceptors (Lipinski definition) is 5. The summed E-state index contributed by atoms with van der Waals surface area (Å²) in [5.41, 5.74) is 3.68. The lowest BCUT2D eigenvalue weighted by atomic mass is 10.2. The maximum atomic E-state index is 12.5. The lowest BCUT2D eigenvalue weighted by Crippen LogP contribution is -2.34. The van der Waals surface area contributed by atoms with E-state index in [2.05, 4.69) is 4.74 Å². The highest BCUT2D eigenvalue weighted by Crippen LogP contribution is 2.33. The van der Waals surface area contributed by atoms with E-state index in [1.807, 2.05) is 48.7 Å². The third-order valence-corrected chi connectivity index (χ3v) is 5.39. The van der Waals surface area contributed by atoms with E-state index in [4.69, 9.17) is 11.6 Å². The van der Waals surface area contributed by atoms with Crippen LogP contribution in [0.4, 0.5) is 4.79 Å². The largest absolute Gasteiger partial charge is 0.468 e. The van der Waals surface area contributed by atoms with E-state index in [0.29, 0.717) is 5.02 Å². The van der Waals surface area contributed by atoms with Crippen molar-refractivity contribution in [1.82, 2.24) is 9.47 Å². The van der Waals surface area contributed by atoms with Gasteiger partial charge in [-0.05, 0) is 67.6 Å². The number of ether oxygens (including phenoxy) is 1. The SMILES string of the molecule is COC(=O)CN1C(=O)S/C(=C\c2cc(C)n(-c3ccc(Cl)cc3)c2C)C1=O. The Labute approximate surface area is 165 Å². The Morgan fingerprint density at radius 3 is 2.52 bits per heavy atom. The number of esters is 1. The van der Waals surface area contributed by atoms with Crippen LogP contribution in [-0.2, 0) is 14.3 Å². The maximum Gasteiger partial charge on any atom is 0.325 e. The predicted molar refractivity (Wildman–Crippen MR) is 105 cm³/mol. The Hall–Kier alpha value is -2.51. The van der Waals surface area contributed by atoms with Crippen molar-refractivity contribution in [2.24, 2.45) is 0 Å². The summed E-state index contributed by atoms with van der Waals surface area (Å²) in [7, 11) is 1.21. The molecular weight excluding hydrogens is 388 g/mol. The number of amides is 2. The summed E-state index contributed by atoms with van der Waals surface area (Å²) in [4.78, 5) is 37.1. The van der Waals surface area contributed by atoms with Crippen LogP contribution < -0.4 is 0 Å². The molecule has 2 heterocycles. The minimum atomic E-state index is -0.639. The normalized spacial score (nSPS) is 15.7. The van der Waals surface area contributed by atoms with Crippen LogP contribution in [0.1, 0.15) is 17.0 Å². The lowest BCUT2D eigenvalue weighted by molar-refractivity contribution is -0.143. The Morgan fingerprint density at radius 1 is 1.22 bits per heavy atom. The van der Waals surface area contributed by atoms with Crippen molar-refractivity contribution < 1.29 is 19.1 Å². The van der Waals surface area contributed by atoms with Gasteiger partial charge in [-0.1, -0.05) is 11.6 Å². The molecule has 0 unspecified atom stereocenters. The summed E-state index contributed by atoms with van der Waals surface area (Å²) >= 11 is 6.77. The Morgan fingerprint density at radius 2 is 1.89 bits per heavy atom. The van der Waals surface area contributed by atoms with E-state index < -0.39 is 17.1 Å². The van der Waals surface area contributed by atoms with Crippen LogP contribution >= 0.6 is 23.4 Å². The molecule has 2 aromatic rings. The van der Waals surface area contributed by atoms with Crippen LogP contribution in [0.5, 0.6) is 0 Å². The third kappa shape index (κ3) is 3.79. The van der Waals surface area contributed by atoms with Gasteiger partial charge in [0.25, 0.3) is 11.1 Å². The van der Waals surface area contributed by atoms with Crippen LogP contribution in [0.15, 0.2) is 35.2 Å². The molecule has 0 N–H and O–H groups in total. The van der Waals surface area contributed by atoms with Crippen LogP contribution in [0.25, 0.3) is 11.8 Å². The van der Waals surface area contributed by atoms with Gasteiger partial charge >= 0.3 is 5.97 Å². The van der Waals surface area contributed by atoms with Gasteiger partial charge in [-0.2, -0.15) is 0 Å². The van der Waals surface area contributed by atoms with Crippen LogP contribution in [0.2, 0.25) is 5.02 Å². The number of carbonyl (C=O) groups is 3. The maximum absolute atomic E-state index is 12.5. The van der Waals surface area contributed by atoms with Gasteiger partial charge in [-0.25, -0.2) is 0 Å². The van der Waals surface area contributed by atoms with E-state index in [1.165, 1.54) is 7.11 Å². The first-order valence-electron chi connectivity index (χ1n) is 8.09. The fraction of sp³-hybridized carbons (Fsp3) is 0.211. The number of aromatic nitrogens is 1. The molecule has 0 radical (unpaired) electrons. The highest BCUT2D eigenvalue weighted by molar-refractivity contribution is 8.18. The summed E-state index contributed by atoms with van der Waals surface area (Å²) < 4.78 is 6.57. The molecule has 0 aliphatic carbocycles. The monoisotopic (exact) mass is 404 g/mol. The second-order valence-electron chi connectivity index (χ2n) is 5.98. The molecule has 2 amide bonds. The zero-order chi connectivity index (χ0) is 19.7. The van der Waals surface area contributed by atoms with Crippen LogP contribution in [-0.4, -0.2) is 40.2 Å². The zero-order valence-corrected chi connectivity index (χ0v) is 16.6. The average Bonchev–Trinajstić information content (AvgIpc) is 3.06. The number of hydrogen-bond donors (Lipinski definition) is 0. The first kappa shape index (κ1) is 19.3. The zero-order valence-electron chi connectivity index (χ0n) is 15.0. The Balaban J connectivity index is 1.93. The number of carbonyl (C=O) groups excluding carboxylic acids is 3. The highest BCUT2D eigenvalue weighted by atomic mass is 35.5. The van der Waals surface area contributed by atoms with E-state index >= 15 is 0 Å². The topological polar surface area (TPSA) is 68.6 Å². The number of methoxy groups -OCH3 is 1. The van der Waals surface area contributed by atoms with Crippen molar-refractivity contribution in [1.29, 1.82) is 0 Å². The average molecular weight is 405 g/mol. The fourth-order valence-electron chi connectivity index (χ4n) is 2.89. The molecule has 0 bridgehead atoms. The third-order valence-electron chi connectivity index (χ3n) is 4.23. The van der Waals surface area contributed by atoms with E-state index in [1.54, 1.807) is 6.08 Å². The molecule has 27 heavy (non-hydrogen) atoms. The molecule has 1 saturated heterocycles. The number of imide groups is 1. The molecule has 0 spiro atoms. The number of rotatable bonds is 4. The van der Waals surface area contributed by atoms with Crippen molar-refractivity contribution >= 4 is 46.6 Å². The number of benzene rings is 1. The second kappa shape index (κ2) is 7.62. The minimum absolute atomic E-state index is 0.278. The van der Waals surface area contributed by atoms with E-state index in [9.17, 15) is 14.4 Å². The molecule has 1 aromatic heterocycles. The van der Waals surface area contributed by atoms with Gasteiger partial charge in [-0.15, -0.1) is 0 Å². The summed E-state index contributed by atoms with van der Waals surface area (Å²) in [6.45, 7) is 3.51. The molecule has 6 nitrogen and oxygen atoms in total. The van der Waals surface area contributed by atoms with Crippen molar-refractivity contribution in [2.75, 3.05) is 13.7 Å². The molecule has 0 atom stereocenters. The molecule has 1 aromatic carbocycles. The highest BCUT2D eigenvalue weighted by Gasteiger charge is 2.36. The molecule has 8 heteroatoms. The molecule has 3 rings (SSSR count). The van der Waals surface area contributed by atoms with Crippen molar-refractivity contribution in [2.45, 2.75) is 13.8 Å². The van der Waals surface area contributed by atoms with E-state index in [-0.39, 0.29) is 11.4 Å². The lowest BCUT2D eigenvalue weighted by Gasteiger charge is -2.10. The second-order valence-corrected chi connectivity index (χ2v) is 7.41. The van der Waals surface area contributed by atoms with Gasteiger partial charge in [-0.3, -0.25) is 19.3 Å². The van der Waals surface area contributed by atoms with Crippen molar-refractivity contribution in [3.8, 4) is 5.69 Å². The summed E-state index contributed by atoms with van der Waals surface area (Å²) in [6.07, 6.45) is 1.68. The number of thioether (sulfide) groups is 1. The fourth-order valence-corrected chi connectivity index (χ4v) is 3.85. The first-order valence-corrected chi connectivity index (χ1v) is 9.28. The van der Waals surface area contributed by atoms with Gasteiger partial charge in [0.1, 0.15) is 6.54 Å².